The molecule has 0 saturated heterocycles. The Hall–Kier alpha value is -4.42. The minimum atomic E-state index is -0.703. The zero-order valence-corrected chi connectivity index (χ0v) is 43.4. The Morgan fingerprint density at radius 3 is 0.922 bits per heavy atom. The van der Waals surface area contributed by atoms with Gasteiger partial charge in [0.25, 0.3) is 11.8 Å². The van der Waals surface area contributed by atoms with E-state index in [2.05, 4.69) is 129 Å². The number of carbonyl (C=O) groups excluding carboxylic acids is 2. The lowest BCUT2D eigenvalue weighted by Gasteiger charge is -2.19. The molecule has 0 radical (unpaired) electrons. The van der Waals surface area contributed by atoms with Gasteiger partial charge in [0.2, 0.25) is 23.8 Å². The molecule has 0 saturated carbocycles. The highest BCUT2D eigenvalue weighted by atomic mass is 35.5. The first kappa shape index (κ1) is 57.6. The molecule has 14 nitrogen and oxygen atoms in total. The predicted molar refractivity (Wildman–Crippen MR) is 272 cm³/mol. The molecule has 0 atom stereocenters. The van der Waals surface area contributed by atoms with Crippen LogP contribution in [0.4, 0.5) is 23.8 Å². The van der Waals surface area contributed by atoms with Gasteiger partial charge in [-0.05, 0) is 132 Å². The summed E-state index contributed by atoms with van der Waals surface area (Å²) in [7, 11) is 0. The Bertz CT molecular complexity index is 1980. The summed E-state index contributed by atoms with van der Waals surface area (Å²) in [5.74, 6) is 6.84. The third-order valence-electron chi connectivity index (χ3n) is 7.09. The maximum absolute atomic E-state index is 11.8. The average Bonchev–Trinajstić information content (AvgIpc) is 3.16. The standard InChI is InChI=1S/2C12H11Cl2NO.2C10H19N5S/c2*1-4-12(2,3)15-11(16)8-5-9(13)7-10(14)6-8;2*1-6(2)11-8-13-9(12-7(3)4)15-10(14-8)16-5/h2*1,5-7H,2-3H3,(H,15,16);2*6-7H,1-5H3,(H2,11,12,13,14,15). The Kier molecular flexibility index (Phi) is 25.0. The fraction of sp³-hybridized carbons (Fsp3) is 0.455. The number of anilines is 4. The van der Waals surface area contributed by atoms with Crippen molar-refractivity contribution in [1.82, 2.24) is 40.5 Å². The van der Waals surface area contributed by atoms with Gasteiger partial charge in [-0.25, -0.2) is 0 Å². The first-order valence-electron chi connectivity index (χ1n) is 19.9. The number of aromatic nitrogens is 6. The molecular formula is C44H60Cl4N12O2S2. The third-order valence-corrected chi connectivity index (χ3v) is 9.06. The largest absolute Gasteiger partial charge is 0.352 e. The molecule has 4 aromatic rings. The zero-order chi connectivity index (χ0) is 48.9. The molecule has 0 bridgehead atoms. The molecule has 64 heavy (non-hydrogen) atoms. The van der Waals surface area contributed by atoms with Crippen LogP contribution >= 0.6 is 69.9 Å². The lowest BCUT2D eigenvalue weighted by molar-refractivity contribution is 0.0921. The molecule has 20 heteroatoms. The Balaban J connectivity index is 0.000000427. The number of terminal acetylenes is 2. The van der Waals surface area contributed by atoms with Crippen molar-refractivity contribution in [3.63, 3.8) is 0 Å². The van der Waals surface area contributed by atoms with Crippen LogP contribution in [0.25, 0.3) is 0 Å². The summed E-state index contributed by atoms with van der Waals surface area (Å²) in [6.07, 6.45) is 14.5. The van der Waals surface area contributed by atoms with E-state index < -0.39 is 11.1 Å². The number of nitrogens with one attached hydrogen (secondary N) is 6. The second-order valence-corrected chi connectivity index (χ2v) is 19.2. The quantitative estimate of drug-likeness (QED) is 0.0518. The Morgan fingerprint density at radius 1 is 0.500 bits per heavy atom. The van der Waals surface area contributed by atoms with Crippen LogP contribution in [-0.4, -0.2) is 89.5 Å². The van der Waals surface area contributed by atoms with Crippen molar-refractivity contribution in [1.29, 1.82) is 0 Å². The van der Waals surface area contributed by atoms with Crippen LogP contribution in [0.15, 0.2) is 46.7 Å². The Labute approximate surface area is 408 Å². The van der Waals surface area contributed by atoms with Gasteiger partial charge in [-0.15, -0.1) is 12.8 Å². The minimum Gasteiger partial charge on any atom is -0.352 e. The second kappa shape index (κ2) is 27.8. The third kappa shape index (κ3) is 24.0. The number of hydrogen-bond acceptors (Lipinski definition) is 14. The fourth-order valence-electron chi connectivity index (χ4n) is 4.34. The van der Waals surface area contributed by atoms with Crippen molar-refractivity contribution < 1.29 is 9.59 Å². The predicted octanol–water partition coefficient (Wildman–Crippen LogP) is 10.7. The number of nitrogens with zero attached hydrogens (tertiary/aromatic N) is 6. The molecule has 0 unspecified atom stereocenters. The van der Waals surface area contributed by atoms with E-state index in [9.17, 15) is 9.59 Å². The number of amides is 2. The van der Waals surface area contributed by atoms with E-state index in [4.69, 9.17) is 59.3 Å². The van der Waals surface area contributed by atoms with Crippen molar-refractivity contribution in [2.24, 2.45) is 0 Å². The van der Waals surface area contributed by atoms with Crippen LogP contribution in [0.5, 0.6) is 0 Å². The number of rotatable bonds is 14. The van der Waals surface area contributed by atoms with Crippen molar-refractivity contribution in [3.8, 4) is 24.7 Å². The van der Waals surface area contributed by atoms with Gasteiger partial charge in [-0.2, -0.15) is 29.9 Å². The van der Waals surface area contributed by atoms with Crippen LogP contribution in [0.3, 0.4) is 0 Å². The van der Waals surface area contributed by atoms with Gasteiger partial charge in [-0.1, -0.05) is 81.8 Å². The van der Waals surface area contributed by atoms with Gasteiger partial charge >= 0.3 is 0 Å². The monoisotopic (exact) mass is 992 g/mol. The molecule has 2 amide bonds. The summed E-state index contributed by atoms with van der Waals surface area (Å²) in [4.78, 5) is 49.4. The van der Waals surface area contributed by atoms with Gasteiger partial charge < -0.3 is 31.9 Å². The van der Waals surface area contributed by atoms with E-state index in [1.165, 1.54) is 47.8 Å². The molecule has 2 aromatic carbocycles. The average molecular weight is 995 g/mol. The fourth-order valence-corrected chi connectivity index (χ4v) is 6.10. The van der Waals surface area contributed by atoms with Gasteiger partial charge in [0, 0.05) is 55.4 Å². The maximum atomic E-state index is 11.8. The Morgan fingerprint density at radius 2 is 0.734 bits per heavy atom. The van der Waals surface area contributed by atoms with E-state index in [-0.39, 0.29) is 11.8 Å². The SMILES string of the molecule is C#CC(C)(C)NC(=O)c1cc(Cl)cc(Cl)c1.C#CC(C)(C)NC(=O)c1cc(Cl)cc(Cl)c1.CSc1nc(NC(C)C)nc(NC(C)C)n1.CSc1nc(NC(C)C)nc(NC(C)C)n1. The van der Waals surface area contributed by atoms with Crippen LogP contribution < -0.4 is 31.9 Å². The van der Waals surface area contributed by atoms with Crippen molar-refractivity contribution in [2.75, 3.05) is 33.8 Å². The van der Waals surface area contributed by atoms with E-state index in [0.29, 0.717) is 79.2 Å². The van der Waals surface area contributed by atoms with Crippen molar-refractivity contribution in [3.05, 3.63) is 67.6 Å². The molecule has 0 aliphatic rings. The summed E-state index contributed by atoms with van der Waals surface area (Å²) in [5.41, 5.74) is -0.626. The van der Waals surface area contributed by atoms with Crippen molar-refractivity contribution in [2.45, 2.75) is 129 Å². The molecule has 2 heterocycles. The first-order chi connectivity index (χ1) is 29.7. The van der Waals surface area contributed by atoms with Gasteiger partial charge in [-0.3, -0.25) is 9.59 Å². The van der Waals surface area contributed by atoms with E-state index in [0.717, 1.165) is 10.3 Å². The van der Waals surface area contributed by atoms with Gasteiger partial charge in [0.1, 0.15) is 0 Å². The molecule has 0 aliphatic carbocycles. The number of thioether (sulfide) groups is 2. The topological polar surface area (TPSA) is 184 Å². The van der Waals surface area contributed by atoms with Crippen LogP contribution in [-0.2, 0) is 0 Å². The van der Waals surface area contributed by atoms with Crippen LogP contribution in [0.1, 0.15) is 104 Å². The van der Waals surface area contributed by atoms with Crippen LogP contribution in [0, 0.1) is 24.7 Å². The molecule has 2 aromatic heterocycles. The van der Waals surface area contributed by atoms with E-state index in [1.54, 1.807) is 39.8 Å². The van der Waals surface area contributed by atoms with E-state index >= 15 is 0 Å². The number of carbonyl (C=O) groups is 2. The second-order valence-electron chi connectivity index (χ2n) is 15.9. The van der Waals surface area contributed by atoms with Crippen LogP contribution in [0.2, 0.25) is 20.1 Å². The highest BCUT2D eigenvalue weighted by molar-refractivity contribution is 7.98. The number of halogens is 4. The molecule has 6 N–H and O–H groups in total. The highest BCUT2D eigenvalue weighted by Gasteiger charge is 2.20. The zero-order valence-electron chi connectivity index (χ0n) is 38.8. The van der Waals surface area contributed by atoms with Gasteiger partial charge in [0.15, 0.2) is 10.3 Å². The van der Waals surface area contributed by atoms with Gasteiger partial charge in [0.05, 0.1) is 11.1 Å². The molecule has 4 rings (SSSR count). The molecular weight excluding hydrogens is 935 g/mol. The smallest absolute Gasteiger partial charge is 0.252 e. The maximum Gasteiger partial charge on any atom is 0.252 e. The summed E-state index contributed by atoms with van der Waals surface area (Å²) < 4.78 is 0. The molecule has 0 aliphatic heterocycles. The highest BCUT2D eigenvalue weighted by Crippen LogP contribution is 2.21. The molecule has 348 valence electrons. The summed E-state index contributed by atoms with van der Waals surface area (Å²) >= 11 is 26.2. The normalized spacial score (nSPS) is 10.8. The minimum absolute atomic E-state index is 0.299. The summed E-state index contributed by atoms with van der Waals surface area (Å²) in [5, 5.41) is 21.2. The van der Waals surface area contributed by atoms with Crippen molar-refractivity contribution >= 4 is 106 Å². The summed E-state index contributed by atoms with van der Waals surface area (Å²) in [6.45, 7) is 23.4. The lowest BCUT2D eigenvalue weighted by Crippen LogP contribution is -2.42. The summed E-state index contributed by atoms with van der Waals surface area (Å²) in [6, 6.07) is 10.5. The molecule has 0 spiro atoms. The lowest BCUT2D eigenvalue weighted by atomic mass is 10.1. The first-order valence-corrected chi connectivity index (χ1v) is 23.8. The molecule has 0 fully saturated rings. The van der Waals surface area contributed by atoms with E-state index in [1.807, 2.05) is 12.5 Å². The number of hydrogen-bond donors (Lipinski definition) is 6. The number of benzene rings is 2.